The first-order valence-corrected chi connectivity index (χ1v) is 4.22. The molecule has 6 heteroatoms. The van der Waals surface area contributed by atoms with E-state index in [1.165, 1.54) is 0 Å². The van der Waals surface area contributed by atoms with Crippen LogP contribution in [0.4, 0.5) is 0 Å². The van der Waals surface area contributed by atoms with E-state index in [4.69, 9.17) is 20.1 Å². The Labute approximate surface area is 78.5 Å². The molecule has 70 valence electrons. The normalized spacial score (nSPS) is 7.82. The predicted octanol–water partition coefficient (Wildman–Crippen LogP) is 1.20. The van der Waals surface area contributed by atoms with Crippen LogP contribution in [0.15, 0.2) is 0 Å². The molecule has 0 radical (unpaired) electrons. The first-order chi connectivity index (χ1) is 4.50. The lowest BCUT2D eigenvalue weighted by molar-refractivity contribution is 0.405. The van der Waals surface area contributed by atoms with E-state index in [0.717, 1.165) is 18.9 Å². The van der Waals surface area contributed by atoms with Gasteiger partial charge in [0.05, 0.1) is 0 Å². The summed E-state index contributed by atoms with van der Waals surface area (Å²) >= 11 is 0. The summed E-state index contributed by atoms with van der Waals surface area (Å²) in [6.07, 6.45) is 1.15. The van der Waals surface area contributed by atoms with E-state index in [1.54, 1.807) is 0 Å². The molecule has 0 fully saturated rings. The van der Waals surface area contributed by atoms with Gasteiger partial charge in [0, 0.05) is 4.57 Å². The van der Waals surface area contributed by atoms with Gasteiger partial charge in [0.1, 0.15) is 0 Å². The molecule has 0 atom stereocenters. The molecule has 0 heterocycles. The second kappa shape index (κ2) is 13.1. The van der Waals surface area contributed by atoms with Gasteiger partial charge in [0.15, 0.2) is 0 Å². The summed E-state index contributed by atoms with van der Waals surface area (Å²) in [6, 6.07) is 0. The van der Waals surface area contributed by atoms with Gasteiger partial charge in [0.25, 0.3) is 0 Å². The van der Waals surface area contributed by atoms with Crippen LogP contribution in [-0.2, 0) is 4.57 Å². The van der Waals surface area contributed by atoms with Crippen LogP contribution in [0.25, 0.3) is 0 Å². The molecule has 0 aromatic rings. The minimum atomic E-state index is -2.87. The fraction of sp³-hybridized carbons (Fsp3) is 1.00. The van der Waals surface area contributed by atoms with Crippen molar-refractivity contribution in [2.24, 2.45) is 11.7 Å². The predicted molar refractivity (Wildman–Crippen MR) is 50.9 cm³/mol. The summed E-state index contributed by atoms with van der Waals surface area (Å²) in [5, 5.41) is 0. The number of hydrogen-bond acceptors (Lipinski definition) is 2. The lowest BCUT2D eigenvalue weighted by Crippen LogP contribution is -2.01. The molecule has 0 bridgehead atoms. The first kappa shape index (κ1) is 17.5. The van der Waals surface area contributed by atoms with Crippen molar-refractivity contribution in [3.63, 3.8) is 0 Å². The van der Waals surface area contributed by atoms with Crippen LogP contribution in [0, 0.1) is 5.92 Å². The molecule has 0 saturated heterocycles. The minimum Gasteiger partial charge on any atom is -0.330 e. The molecule has 0 aliphatic heterocycles. The van der Waals surface area contributed by atoms with Gasteiger partial charge in [-0.15, -0.1) is 26.8 Å². The third-order valence-electron chi connectivity index (χ3n) is 0.744. The Kier molecular flexibility index (Phi) is 20.8. The Hall–Kier alpha value is 0.460. The van der Waals surface area contributed by atoms with Crippen LogP contribution in [0.1, 0.15) is 20.3 Å². The number of rotatable bonds is 2. The number of nitrogens with two attached hydrogens (primary N) is 1. The van der Waals surface area contributed by atoms with Crippen LogP contribution >= 0.6 is 25.2 Å². The fourth-order valence-corrected chi connectivity index (χ4v) is 0.333. The zero-order chi connectivity index (χ0) is 8.57. The number of halogens is 1. The van der Waals surface area contributed by atoms with Crippen LogP contribution < -0.4 is 5.73 Å². The van der Waals surface area contributed by atoms with E-state index in [0.29, 0.717) is 0 Å². The Morgan fingerprint density at radius 2 is 1.73 bits per heavy atom. The summed E-state index contributed by atoms with van der Waals surface area (Å²) in [5.41, 5.74) is 5.23. The smallest absolute Gasteiger partial charge is 0.330 e. The summed E-state index contributed by atoms with van der Waals surface area (Å²) < 4.78 is 8.70. The summed E-state index contributed by atoms with van der Waals surface area (Å²) in [5.74, 6) is 0.773. The van der Waals surface area contributed by atoms with Gasteiger partial charge in [-0.25, -0.2) is 0 Å². The Bertz CT molecular complexity index is 87.8. The lowest BCUT2D eigenvalue weighted by atomic mass is 10.1. The van der Waals surface area contributed by atoms with Gasteiger partial charge in [-0.3, -0.25) is 0 Å². The Balaban J connectivity index is -0.000000114. The molecule has 0 spiro atoms. The first-order valence-electron chi connectivity index (χ1n) is 3.05. The molecule has 0 rings (SSSR count). The van der Waals surface area contributed by atoms with Gasteiger partial charge in [-0.1, -0.05) is 13.8 Å². The van der Waals surface area contributed by atoms with E-state index in [1.807, 2.05) is 0 Å². The summed E-state index contributed by atoms with van der Waals surface area (Å²) in [6.45, 7) is 5.18. The van der Waals surface area contributed by atoms with E-state index in [9.17, 15) is 0 Å². The maximum Gasteiger partial charge on any atom is 0.692 e. The van der Waals surface area contributed by atoms with Gasteiger partial charge in [0.2, 0.25) is 0 Å². The van der Waals surface area contributed by atoms with Crippen molar-refractivity contribution in [3.8, 4) is 0 Å². The fourth-order valence-electron chi connectivity index (χ4n) is 0.333. The largest absolute Gasteiger partial charge is 0.692 e. The highest BCUT2D eigenvalue weighted by molar-refractivity contribution is 8.93. The minimum absolute atomic E-state index is 0. The molecular formula is C5H16BrNO3P+. The molecule has 4 nitrogen and oxygen atoms in total. The molecule has 0 aliphatic carbocycles. The quantitative estimate of drug-likeness (QED) is 0.642. The van der Waals surface area contributed by atoms with Gasteiger partial charge in [-0.2, -0.15) is 0 Å². The number of hydrogen-bond donors (Lipinski definition) is 3. The van der Waals surface area contributed by atoms with Crippen molar-refractivity contribution in [3.05, 3.63) is 0 Å². The molecule has 4 N–H and O–H groups in total. The van der Waals surface area contributed by atoms with E-state index < -0.39 is 8.25 Å². The maximum absolute atomic E-state index is 8.70. The highest BCUT2D eigenvalue weighted by atomic mass is 79.9. The van der Waals surface area contributed by atoms with Crippen molar-refractivity contribution in [2.45, 2.75) is 20.3 Å². The van der Waals surface area contributed by atoms with E-state index in [2.05, 4.69) is 13.8 Å². The molecule has 0 amide bonds. The third-order valence-corrected chi connectivity index (χ3v) is 0.744. The average molecular weight is 249 g/mol. The second-order valence-corrected chi connectivity index (χ2v) is 2.73. The van der Waals surface area contributed by atoms with Crippen LogP contribution in [0.5, 0.6) is 0 Å². The van der Waals surface area contributed by atoms with E-state index >= 15 is 0 Å². The van der Waals surface area contributed by atoms with Crippen molar-refractivity contribution in [1.29, 1.82) is 0 Å². The monoisotopic (exact) mass is 248 g/mol. The standard InChI is InChI=1S/C5H13N.BrH.HO3P/c1-5(2)3-4-6;;1-4(2)3/h5H,3-4,6H2,1-2H3;1H;(H-,1,2,3)/p+1. The molecule has 0 aliphatic rings. The van der Waals surface area contributed by atoms with Crippen molar-refractivity contribution >= 4 is 25.2 Å². The zero-order valence-electron chi connectivity index (χ0n) is 6.73. The zero-order valence-corrected chi connectivity index (χ0v) is 9.33. The van der Waals surface area contributed by atoms with Crippen molar-refractivity contribution in [1.82, 2.24) is 0 Å². The Morgan fingerprint density at radius 1 is 1.45 bits per heavy atom. The van der Waals surface area contributed by atoms with Crippen LogP contribution in [0.2, 0.25) is 0 Å². The molecular weight excluding hydrogens is 233 g/mol. The highest BCUT2D eigenvalue weighted by Crippen LogP contribution is 1.98. The van der Waals surface area contributed by atoms with Crippen molar-refractivity contribution < 1.29 is 14.4 Å². The molecule has 11 heavy (non-hydrogen) atoms. The van der Waals surface area contributed by atoms with Crippen LogP contribution in [0.3, 0.4) is 0 Å². The molecule has 0 aromatic heterocycles. The van der Waals surface area contributed by atoms with Crippen LogP contribution in [-0.4, -0.2) is 16.3 Å². The van der Waals surface area contributed by atoms with Gasteiger partial charge >= 0.3 is 8.25 Å². The second-order valence-electron chi connectivity index (χ2n) is 2.22. The highest BCUT2D eigenvalue weighted by Gasteiger charge is 1.93. The third kappa shape index (κ3) is 62.5. The molecule has 0 unspecified atom stereocenters. The SMILES string of the molecule is Br.CC(C)CCN.O=[P+](O)O. The molecule has 0 aromatic carbocycles. The summed E-state index contributed by atoms with van der Waals surface area (Å²) in [7, 11) is -2.87. The topological polar surface area (TPSA) is 83.6 Å². The Morgan fingerprint density at radius 3 is 1.73 bits per heavy atom. The summed E-state index contributed by atoms with van der Waals surface area (Å²) in [4.78, 5) is 14.2. The van der Waals surface area contributed by atoms with Crippen molar-refractivity contribution in [2.75, 3.05) is 6.54 Å². The molecule has 0 saturated carbocycles. The van der Waals surface area contributed by atoms with Gasteiger partial charge in [-0.05, 0) is 18.9 Å². The lowest BCUT2D eigenvalue weighted by Gasteiger charge is -1.96. The maximum atomic E-state index is 8.70. The average Bonchev–Trinajstić information content (AvgIpc) is 1.62. The van der Waals surface area contributed by atoms with E-state index in [-0.39, 0.29) is 17.0 Å². The van der Waals surface area contributed by atoms with Gasteiger partial charge < -0.3 is 5.73 Å².